The highest BCUT2D eigenvalue weighted by atomic mass is 16.3. The fraction of sp³-hybridized carbons (Fsp3) is 0. The quantitative estimate of drug-likeness (QED) is 0.333. The highest BCUT2D eigenvalue weighted by molar-refractivity contribution is 6.05. The molecular weight excluding hydrogens is 356 g/mol. The molecule has 0 spiro atoms. The molecule has 29 heavy (non-hydrogen) atoms. The fourth-order valence-corrected chi connectivity index (χ4v) is 3.80. The minimum Gasteiger partial charge on any atom is -0.436 e. The van der Waals surface area contributed by atoms with Crippen molar-refractivity contribution in [2.24, 2.45) is 0 Å². The molecule has 0 bridgehead atoms. The van der Waals surface area contributed by atoms with E-state index in [0.717, 1.165) is 49.6 Å². The average Bonchev–Trinajstić information content (AvgIpc) is 3.24. The van der Waals surface area contributed by atoms with Crippen molar-refractivity contribution in [2.45, 2.75) is 0 Å². The molecule has 4 aromatic carbocycles. The number of hydrogen-bond donors (Lipinski definition) is 0. The van der Waals surface area contributed by atoms with Crippen molar-refractivity contribution in [1.82, 2.24) is 9.97 Å². The molecule has 0 aliphatic heterocycles. The maximum absolute atomic E-state index is 6.04. The molecule has 136 valence electrons. The molecule has 2 heterocycles. The Bertz CT molecular complexity index is 1500. The Morgan fingerprint density at radius 3 is 2.31 bits per heavy atom. The number of hydrogen-bond acceptors (Lipinski definition) is 3. The van der Waals surface area contributed by atoms with Gasteiger partial charge in [0, 0.05) is 21.9 Å². The summed E-state index contributed by atoms with van der Waals surface area (Å²) in [6.45, 7) is 0. The van der Waals surface area contributed by atoms with Crippen molar-refractivity contribution in [3.8, 4) is 22.7 Å². The van der Waals surface area contributed by atoms with E-state index < -0.39 is 0 Å². The molecule has 0 N–H and O–H groups in total. The van der Waals surface area contributed by atoms with E-state index in [0.29, 0.717) is 5.89 Å². The Hall–Kier alpha value is -3.98. The maximum atomic E-state index is 6.04. The summed E-state index contributed by atoms with van der Waals surface area (Å²) < 4.78 is 6.04. The molecule has 6 rings (SSSR count). The Morgan fingerprint density at radius 2 is 1.38 bits per heavy atom. The molecule has 0 aliphatic rings. The first-order valence-electron chi connectivity index (χ1n) is 9.60. The summed E-state index contributed by atoms with van der Waals surface area (Å²) in [6, 6.07) is 32.8. The van der Waals surface area contributed by atoms with E-state index in [2.05, 4.69) is 42.5 Å². The van der Waals surface area contributed by atoms with E-state index in [1.54, 1.807) is 0 Å². The van der Waals surface area contributed by atoms with Gasteiger partial charge in [0.05, 0.1) is 11.2 Å². The van der Waals surface area contributed by atoms with Crippen LogP contribution in [0.3, 0.4) is 0 Å². The van der Waals surface area contributed by atoms with Gasteiger partial charge in [0.15, 0.2) is 5.58 Å². The number of rotatable bonds is 2. The Morgan fingerprint density at radius 1 is 0.586 bits per heavy atom. The first kappa shape index (κ1) is 16.0. The van der Waals surface area contributed by atoms with Gasteiger partial charge in [0.2, 0.25) is 5.89 Å². The highest BCUT2D eigenvalue weighted by Gasteiger charge is 2.12. The summed E-state index contributed by atoms with van der Waals surface area (Å²) in [7, 11) is 0. The third-order valence-electron chi connectivity index (χ3n) is 5.29. The number of para-hydroxylation sites is 1. The molecule has 0 fully saturated rings. The lowest BCUT2D eigenvalue weighted by Gasteiger charge is -2.05. The summed E-state index contributed by atoms with van der Waals surface area (Å²) >= 11 is 0. The Labute approximate surface area is 167 Å². The van der Waals surface area contributed by atoms with Crippen molar-refractivity contribution in [3.63, 3.8) is 0 Å². The smallest absolute Gasteiger partial charge is 0.227 e. The van der Waals surface area contributed by atoms with Crippen LogP contribution in [-0.4, -0.2) is 9.97 Å². The van der Waals surface area contributed by atoms with Crippen molar-refractivity contribution < 1.29 is 4.42 Å². The van der Waals surface area contributed by atoms with Gasteiger partial charge in [-0.25, -0.2) is 9.97 Å². The molecule has 2 aromatic heterocycles. The third kappa shape index (κ3) is 2.67. The average molecular weight is 372 g/mol. The van der Waals surface area contributed by atoms with Crippen LogP contribution in [0.1, 0.15) is 0 Å². The third-order valence-corrected chi connectivity index (χ3v) is 5.29. The summed E-state index contributed by atoms with van der Waals surface area (Å²) in [5.74, 6) is 0.641. The lowest BCUT2D eigenvalue weighted by atomic mass is 10.0. The zero-order chi connectivity index (χ0) is 19.2. The molecule has 6 aromatic rings. The number of nitrogens with zero attached hydrogens (tertiary/aromatic N) is 2. The second-order valence-corrected chi connectivity index (χ2v) is 7.12. The highest BCUT2D eigenvalue weighted by Crippen LogP contribution is 2.32. The summed E-state index contributed by atoms with van der Waals surface area (Å²) in [4.78, 5) is 9.65. The van der Waals surface area contributed by atoms with Crippen LogP contribution < -0.4 is 0 Å². The molecule has 0 radical (unpaired) electrons. The zero-order valence-corrected chi connectivity index (χ0v) is 15.5. The van der Waals surface area contributed by atoms with Crippen LogP contribution in [0.15, 0.2) is 101 Å². The van der Waals surface area contributed by atoms with Crippen LogP contribution >= 0.6 is 0 Å². The minimum absolute atomic E-state index is 0.641. The summed E-state index contributed by atoms with van der Waals surface area (Å²) in [6.07, 6.45) is 0. The number of fused-ring (bicyclic) bond motifs is 4. The van der Waals surface area contributed by atoms with Crippen molar-refractivity contribution >= 4 is 32.8 Å². The van der Waals surface area contributed by atoms with Crippen molar-refractivity contribution in [1.29, 1.82) is 0 Å². The van der Waals surface area contributed by atoms with Crippen LogP contribution in [-0.2, 0) is 0 Å². The minimum atomic E-state index is 0.641. The van der Waals surface area contributed by atoms with E-state index in [-0.39, 0.29) is 0 Å². The Balaban J connectivity index is 1.55. The van der Waals surface area contributed by atoms with Crippen molar-refractivity contribution in [2.75, 3.05) is 0 Å². The van der Waals surface area contributed by atoms with Crippen LogP contribution in [0.5, 0.6) is 0 Å². The summed E-state index contributed by atoms with van der Waals surface area (Å²) in [5, 5.41) is 3.35. The monoisotopic (exact) mass is 372 g/mol. The predicted molar refractivity (Wildman–Crippen MR) is 118 cm³/mol. The molecule has 3 heteroatoms. The molecule has 0 saturated heterocycles. The van der Waals surface area contributed by atoms with Gasteiger partial charge >= 0.3 is 0 Å². The van der Waals surface area contributed by atoms with Gasteiger partial charge in [-0.15, -0.1) is 0 Å². The number of aromatic nitrogens is 2. The van der Waals surface area contributed by atoms with Gasteiger partial charge in [-0.1, -0.05) is 60.7 Å². The second-order valence-electron chi connectivity index (χ2n) is 7.12. The SMILES string of the molecule is c1ccc(-c2nc3c(ccc4ccc(-c5ccc6ccccc6n5)cc43)o2)cc1. The van der Waals surface area contributed by atoms with E-state index in [1.165, 1.54) is 0 Å². The molecular formula is C26H16N2O. The summed E-state index contributed by atoms with van der Waals surface area (Å²) in [5.41, 5.74) is 5.67. The standard InChI is InChI=1S/C26H16N2O/c1-2-7-19(8-3-1)26-28-25-21-16-20(11-10-17(21)13-15-24(25)29-26)23-14-12-18-6-4-5-9-22(18)27-23/h1-16H. The molecule has 0 amide bonds. The van der Waals surface area contributed by atoms with Crippen LogP contribution in [0.4, 0.5) is 0 Å². The first-order valence-corrected chi connectivity index (χ1v) is 9.60. The predicted octanol–water partition coefficient (Wildman–Crippen LogP) is 6.86. The molecule has 0 aliphatic carbocycles. The van der Waals surface area contributed by atoms with Gasteiger partial charge in [0.25, 0.3) is 0 Å². The van der Waals surface area contributed by atoms with E-state index >= 15 is 0 Å². The van der Waals surface area contributed by atoms with Gasteiger partial charge in [0.1, 0.15) is 5.52 Å². The van der Waals surface area contributed by atoms with E-state index in [9.17, 15) is 0 Å². The van der Waals surface area contributed by atoms with Gasteiger partial charge in [-0.2, -0.15) is 0 Å². The molecule has 0 atom stereocenters. The maximum Gasteiger partial charge on any atom is 0.227 e. The van der Waals surface area contributed by atoms with Crippen LogP contribution in [0.25, 0.3) is 55.5 Å². The van der Waals surface area contributed by atoms with E-state index in [1.807, 2.05) is 54.6 Å². The van der Waals surface area contributed by atoms with Crippen LogP contribution in [0, 0.1) is 0 Å². The van der Waals surface area contributed by atoms with E-state index in [4.69, 9.17) is 14.4 Å². The fourth-order valence-electron chi connectivity index (χ4n) is 3.80. The molecule has 3 nitrogen and oxygen atoms in total. The van der Waals surface area contributed by atoms with Gasteiger partial charge in [-0.3, -0.25) is 0 Å². The van der Waals surface area contributed by atoms with Gasteiger partial charge in [-0.05, 0) is 41.8 Å². The molecule has 0 unspecified atom stereocenters. The largest absolute Gasteiger partial charge is 0.436 e. The lowest BCUT2D eigenvalue weighted by Crippen LogP contribution is -1.86. The number of oxazole rings is 1. The van der Waals surface area contributed by atoms with Crippen LogP contribution in [0.2, 0.25) is 0 Å². The second kappa shape index (κ2) is 6.28. The van der Waals surface area contributed by atoms with Gasteiger partial charge < -0.3 is 4.42 Å². The van der Waals surface area contributed by atoms with Crippen molar-refractivity contribution in [3.05, 3.63) is 97.1 Å². The zero-order valence-electron chi connectivity index (χ0n) is 15.5. The topological polar surface area (TPSA) is 38.9 Å². The number of benzene rings is 4. The number of pyridine rings is 1. The first-order chi connectivity index (χ1) is 14.3. The lowest BCUT2D eigenvalue weighted by molar-refractivity contribution is 0.620. The normalized spacial score (nSPS) is 11.4. The molecule has 0 saturated carbocycles. The Kier molecular flexibility index (Phi) is 3.47.